The summed E-state index contributed by atoms with van der Waals surface area (Å²) >= 11 is 3.57. The molecule has 5 heteroatoms. The van der Waals surface area contributed by atoms with E-state index in [-0.39, 0.29) is 11.7 Å². The minimum absolute atomic E-state index is 0.196. The van der Waals surface area contributed by atoms with E-state index >= 15 is 0 Å². The molecule has 0 fully saturated rings. The first-order valence-corrected chi connectivity index (χ1v) is 11.6. The standard InChI is InChI=1S/C28H26BrFN2O/c1-32(2)15-14-24(20-10-7-11-23(30)17-20)27(19-8-5-4-6-9-19)25-18-21-16-22(29)12-13-26(21)31-28(25)33-3/h4-14,16-18,27H,15H2,1-3H3/b24-14+. The molecule has 0 amide bonds. The van der Waals surface area contributed by atoms with E-state index in [1.165, 1.54) is 6.07 Å². The average Bonchev–Trinajstić information content (AvgIpc) is 2.81. The van der Waals surface area contributed by atoms with Crippen LogP contribution in [0.5, 0.6) is 5.88 Å². The molecule has 0 spiro atoms. The second-order valence-electron chi connectivity index (χ2n) is 8.20. The van der Waals surface area contributed by atoms with Gasteiger partial charge >= 0.3 is 0 Å². The van der Waals surface area contributed by atoms with Gasteiger partial charge in [0.05, 0.1) is 12.6 Å². The number of nitrogens with zero attached hydrogens (tertiary/aromatic N) is 2. The van der Waals surface area contributed by atoms with Crippen LogP contribution in [0.4, 0.5) is 4.39 Å². The Morgan fingerprint density at radius 1 is 1.03 bits per heavy atom. The summed E-state index contributed by atoms with van der Waals surface area (Å²) < 4.78 is 21.1. The van der Waals surface area contributed by atoms with E-state index < -0.39 is 0 Å². The van der Waals surface area contributed by atoms with Gasteiger partial charge in [0.2, 0.25) is 5.88 Å². The third-order valence-corrected chi connectivity index (χ3v) is 6.05. The molecular weight excluding hydrogens is 479 g/mol. The summed E-state index contributed by atoms with van der Waals surface area (Å²) in [4.78, 5) is 6.91. The molecule has 0 aliphatic carbocycles. The van der Waals surface area contributed by atoms with Crippen molar-refractivity contribution in [1.29, 1.82) is 0 Å². The number of aromatic nitrogens is 1. The lowest BCUT2D eigenvalue weighted by atomic mass is 9.81. The van der Waals surface area contributed by atoms with Crippen LogP contribution in [0.25, 0.3) is 16.5 Å². The zero-order valence-electron chi connectivity index (χ0n) is 18.9. The van der Waals surface area contributed by atoms with Crippen molar-refractivity contribution in [3.8, 4) is 5.88 Å². The molecule has 0 bridgehead atoms. The van der Waals surface area contributed by atoms with Gasteiger partial charge in [-0.05, 0) is 67.2 Å². The molecule has 33 heavy (non-hydrogen) atoms. The Labute approximate surface area is 202 Å². The smallest absolute Gasteiger partial charge is 0.217 e. The van der Waals surface area contributed by atoms with E-state index in [4.69, 9.17) is 9.72 Å². The third kappa shape index (κ3) is 5.32. The van der Waals surface area contributed by atoms with E-state index in [0.717, 1.165) is 37.6 Å². The van der Waals surface area contributed by atoms with Crippen LogP contribution in [-0.4, -0.2) is 37.6 Å². The van der Waals surface area contributed by atoms with Crippen molar-refractivity contribution in [2.45, 2.75) is 5.92 Å². The third-order valence-electron chi connectivity index (χ3n) is 5.55. The molecule has 168 valence electrons. The zero-order valence-corrected chi connectivity index (χ0v) is 20.5. The molecule has 1 heterocycles. The number of halogens is 2. The van der Waals surface area contributed by atoms with Gasteiger partial charge in [-0.2, -0.15) is 0 Å². The molecule has 0 aliphatic heterocycles. The van der Waals surface area contributed by atoms with E-state index in [0.29, 0.717) is 12.4 Å². The molecule has 1 aromatic heterocycles. The first kappa shape index (κ1) is 23.1. The lowest BCUT2D eigenvalue weighted by molar-refractivity contribution is 0.394. The normalized spacial score (nSPS) is 12.8. The van der Waals surface area contributed by atoms with Gasteiger partial charge < -0.3 is 9.64 Å². The fourth-order valence-electron chi connectivity index (χ4n) is 4.04. The Balaban J connectivity index is 2.01. The predicted molar refractivity (Wildman–Crippen MR) is 137 cm³/mol. The molecule has 1 unspecified atom stereocenters. The maximum atomic E-state index is 14.3. The summed E-state index contributed by atoms with van der Waals surface area (Å²) in [6, 6.07) is 25.1. The molecule has 0 saturated carbocycles. The van der Waals surface area contributed by atoms with Gasteiger partial charge in [0, 0.05) is 27.9 Å². The number of hydrogen-bond donors (Lipinski definition) is 0. The first-order valence-electron chi connectivity index (χ1n) is 10.8. The van der Waals surface area contributed by atoms with Crippen LogP contribution in [-0.2, 0) is 0 Å². The van der Waals surface area contributed by atoms with Crippen LogP contribution in [0.2, 0.25) is 0 Å². The van der Waals surface area contributed by atoms with E-state index in [1.807, 2.05) is 50.5 Å². The monoisotopic (exact) mass is 504 g/mol. The Morgan fingerprint density at radius 2 is 1.82 bits per heavy atom. The average molecular weight is 505 g/mol. The van der Waals surface area contributed by atoms with Gasteiger partial charge in [-0.3, -0.25) is 0 Å². The van der Waals surface area contributed by atoms with E-state index in [9.17, 15) is 4.39 Å². The number of ether oxygens (including phenoxy) is 1. The van der Waals surface area contributed by atoms with Crippen LogP contribution in [0.15, 0.2) is 89.4 Å². The number of allylic oxidation sites excluding steroid dienone is 1. The quantitative estimate of drug-likeness (QED) is 0.273. The van der Waals surface area contributed by atoms with Gasteiger partial charge in [-0.25, -0.2) is 9.37 Å². The maximum Gasteiger partial charge on any atom is 0.217 e. The second kappa shape index (κ2) is 10.3. The number of fused-ring (bicyclic) bond motifs is 1. The number of benzene rings is 3. The molecule has 0 radical (unpaired) electrons. The summed E-state index contributed by atoms with van der Waals surface area (Å²) in [6.45, 7) is 0.712. The lowest BCUT2D eigenvalue weighted by Crippen LogP contribution is -2.14. The molecule has 0 saturated heterocycles. The van der Waals surface area contributed by atoms with Gasteiger partial charge in [0.25, 0.3) is 0 Å². The van der Waals surface area contributed by atoms with Crippen molar-refractivity contribution in [2.75, 3.05) is 27.7 Å². The topological polar surface area (TPSA) is 25.4 Å². The van der Waals surface area contributed by atoms with Crippen molar-refractivity contribution < 1.29 is 9.13 Å². The zero-order chi connectivity index (χ0) is 23.4. The summed E-state index contributed by atoms with van der Waals surface area (Å²) in [5.74, 6) is 0.104. The molecule has 1 atom stereocenters. The highest BCUT2D eigenvalue weighted by Gasteiger charge is 2.25. The van der Waals surface area contributed by atoms with Crippen molar-refractivity contribution >= 4 is 32.4 Å². The summed E-state index contributed by atoms with van der Waals surface area (Å²) in [6.07, 6.45) is 2.16. The minimum atomic E-state index is -0.261. The predicted octanol–water partition coefficient (Wildman–Crippen LogP) is 6.92. The van der Waals surface area contributed by atoms with Gasteiger partial charge in [-0.1, -0.05) is 64.5 Å². The Bertz CT molecular complexity index is 1290. The summed E-state index contributed by atoms with van der Waals surface area (Å²) in [5, 5.41) is 1.01. The van der Waals surface area contributed by atoms with Crippen LogP contribution < -0.4 is 4.74 Å². The van der Waals surface area contributed by atoms with Crippen molar-refractivity contribution in [3.05, 3.63) is 112 Å². The highest BCUT2D eigenvalue weighted by Crippen LogP contribution is 2.42. The Kier molecular flexibility index (Phi) is 7.21. The largest absolute Gasteiger partial charge is 0.481 e. The van der Waals surface area contributed by atoms with Crippen LogP contribution in [0.1, 0.15) is 22.6 Å². The molecule has 3 nitrogen and oxygen atoms in total. The Hall–Kier alpha value is -3.02. The molecule has 3 aromatic carbocycles. The molecule has 4 aromatic rings. The van der Waals surface area contributed by atoms with Crippen LogP contribution in [0.3, 0.4) is 0 Å². The molecule has 4 rings (SSSR count). The van der Waals surface area contributed by atoms with E-state index in [1.54, 1.807) is 19.2 Å². The fourth-order valence-corrected chi connectivity index (χ4v) is 4.42. The van der Waals surface area contributed by atoms with Crippen molar-refractivity contribution in [2.24, 2.45) is 0 Å². The van der Waals surface area contributed by atoms with Gasteiger partial charge in [0.1, 0.15) is 5.82 Å². The van der Waals surface area contributed by atoms with Crippen molar-refractivity contribution in [3.63, 3.8) is 0 Å². The van der Waals surface area contributed by atoms with Crippen LogP contribution in [0, 0.1) is 5.82 Å². The summed E-state index contributed by atoms with van der Waals surface area (Å²) in [5.41, 5.74) is 4.71. The fraction of sp³-hybridized carbons (Fsp3) is 0.179. The molecule has 0 aliphatic rings. The molecule has 0 N–H and O–H groups in total. The molecular formula is C28H26BrFN2O. The highest BCUT2D eigenvalue weighted by molar-refractivity contribution is 9.10. The SMILES string of the molecule is COc1nc2ccc(Br)cc2cc1C(/C(=C/CN(C)C)c1cccc(F)c1)c1ccccc1. The van der Waals surface area contributed by atoms with Crippen LogP contribution >= 0.6 is 15.9 Å². The second-order valence-corrected chi connectivity index (χ2v) is 9.12. The summed E-state index contributed by atoms with van der Waals surface area (Å²) in [7, 11) is 5.68. The van der Waals surface area contributed by atoms with E-state index in [2.05, 4.69) is 51.2 Å². The minimum Gasteiger partial charge on any atom is -0.481 e. The number of methoxy groups -OCH3 is 1. The van der Waals surface area contributed by atoms with Crippen molar-refractivity contribution in [1.82, 2.24) is 9.88 Å². The first-order chi connectivity index (χ1) is 16.0. The lowest BCUT2D eigenvalue weighted by Gasteiger charge is -2.25. The number of likely N-dealkylation sites (N-methyl/N-ethyl adjacent to an activating group) is 1. The maximum absolute atomic E-state index is 14.3. The Morgan fingerprint density at radius 3 is 2.52 bits per heavy atom. The highest BCUT2D eigenvalue weighted by atomic mass is 79.9. The van der Waals surface area contributed by atoms with Gasteiger partial charge in [-0.15, -0.1) is 0 Å². The number of rotatable bonds is 7. The number of pyridine rings is 1. The van der Waals surface area contributed by atoms with Gasteiger partial charge in [0.15, 0.2) is 0 Å². The number of hydrogen-bond acceptors (Lipinski definition) is 3.